The Kier molecular flexibility index (Phi) is 4.99. The van der Waals surface area contributed by atoms with Gasteiger partial charge in [0.2, 0.25) is 10.0 Å². The highest BCUT2D eigenvalue weighted by molar-refractivity contribution is 7.89. The lowest BCUT2D eigenvalue weighted by Crippen LogP contribution is -2.44. The molecule has 2 N–H and O–H groups in total. The highest BCUT2D eigenvalue weighted by atomic mass is 32.2. The van der Waals surface area contributed by atoms with Crippen LogP contribution in [-0.4, -0.2) is 62.7 Å². The van der Waals surface area contributed by atoms with Gasteiger partial charge >= 0.3 is 0 Å². The van der Waals surface area contributed by atoms with E-state index >= 15 is 0 Å². The number of aromatic nitrogens is 1. The van der Waals surface area contributed by atoms with Crippen LogP contribution in [0.2, 0.25) is 0 Å². The van der Waals surface area contributed by atoms with Gasteiger partial charge in [-0.05, 0) is 12.1 Å². The van der Waals surface area contributed by atoms with Crippen LogP contribution in [0.5, 0.6) is 0 Å². The van der Waals surface area contributed by atoms with Crippen molar-refractivity contribution in [3.63, 3.8) is 0 Å². The average Bonchev–Trinajstić information content (AvgIpc) is 2.85. The lowest BCUT2D eigenvalue weighted by Gasteiger charge is -2.20. The summed E-state index contributed by atoms with van der Waals surface area (Å²) >= 11 is 0. The summed E-state index contributed by atoms with van der Waals surface area (Å²) in [6.45, 7) is 0.479. The Morgan fingerprint density at radius 1 is 1.45 bits per heavy atom. The van der Waals surface area contributed by atoms with E-state index in [1.807, 2.05) is 0 Å². The van der Waals surface area contributed by atoms with E-state index in [1.165, 1.54) is 26.4 Å². The summed E-state index contributed by atoms with van der Waals surface area (Å²) in [6, 6.07) is 2.52. The summed E-state index contributed by atoms with van der Waals surface area (Å²) < 4.78 is 30.3. The van der Waals surface area contributed by atoms with Crippen LogP contribution in [0.1, 0.15) is 10.4 Å². The number of pyridine rings is 1. The maximum Gasteiger partial charge on any atom is 0.260 e. The number of nitrogens with one attached hydrogen (secondary N) is 2. The monoisotopic (exact) mass is 329 g/mol. The maximum atomic E-state index is 12.1. The summed E-state index contributed by atoms with van der Waals surface area (Å²) in [4.78, 5) is 26.1. The topological polar surface area (TPSA) is 109 Å². The van der Waals surface area contributed by atoms with Gasteiger partial charge in [0.25, 0.3) is 11.5 Å². The predicted molar refractivity (Wildman–Crippen MR) is 80.1 cm³/mol. The molecule has 22 heavy (non-hydrogen) atoms. The van der Waals surface area contributed by atoms with Crippen molar-refractivity contribution in [3.05, 3.63) is 34.2 Å². The molecule has 0 aliphatic carbocycles. The van der Waals surface area contributed by atoms with E-state index in [1.54, 1.807) is 6.07 Å². The highest BCUT2D eigenvalue weighted by Crippen LogP contribution is 2.17. The van der Waals surface area contributed by atoms with Crippen LogP contribution in [0.4, 0.5) is 0 Å². The molecule has 1 aromatic heterocycles. The number of rotatable bonds is 5. The first-order valence-corrected chi connectivity index (χ1v) is 8.38. The molecular weight excluding hydrogens is 310 g/mol. The first-order valence-electron chi connectivity index (χ1n) is 6.78. The minimum absolute atomic E-state index is 0.0105. The van der Waals surface area contributed by atoms with E-state index in [2.05, 4.69) is 10.3 Å². The van der Waals surface area contributed by atoms with E-state index in [4.69, 9.17) is 4.74 Å². The van der Waals surface area contributed by atoms with Gasteiger partial charge in [-0.3, -0.25) is 9.59 Å². The lowest BCUT2D eigenvalue weighted by atomic mass is 10.1. The van der Waals surface area contributed by atoms with E-state index < -0.39 is 27.5 Å². The van der Waals surface area contributed by atoms with Gasteiger partial charge in [-0.2, -0.15) is 0 Å². The van der Waals surface area contributed by atoms with Crippen molar-refractivity contribution in [1.82, 2.24) is 14.6 Å². The third kappa shape index (κ3) is 3.73. The van der Waals surface area contributed by atoms with Gasteiger partial charge in [0.1, 0.15) is 5.56 Å². The average molecular weight is 329 g/mol. The van der Waals surface area contributed by atoms with Gasteiger partial charge in [-0.1, -0.05) is 0 Å². The molecule has 8 nitrogen and oxygen atoms in total. The van der Waals surface area contributed by atoms with E-state index in [0.29, 0.717) is 0 Å². The molecule has 9 heteroatoms. The Labute approximate surface area is 128 Å². The summed E-state index contributed by atoms with van der Waals surface area (Å²) in [5.41, 5.74) is -0.500. The number of aromatic amines is 1. The Morgan fingerprint density at radius 3 is 2.82 bits per heavy atom. The Balaban J connectivity index is 2.07. The number of ether oxygens (including phenoxy) is 1. The molecule has 1 amide bonds. The fraction of sp³-hybridized carbons (Fsp3) is 0.538. The summed E-state index contributed by atoms with van der Waals surface area (Å²) in [5, 5.41) is 2.68. The largest absolute Gasteiger partial charge is 0.379 e. The quantitative estimate of drug-likeness (QED) is 0.721. The molecule has 1 aromatic rings. The normalized spacial score (nSPS) is 22.0. The molecule has 1 aliphatic rings. The van der Waals surface area contributed by atoms with Gasteiger partial charge in [0.05, 0.1) is 25.0 Å². The van der Waals surface area contributed by atoms with Crippen LogP contribution in [0.3, 0.4) is 0 Å². The molecule has 2 rings (SSSR count). The molecule has 1 fully saturated rings. The van der Waals surface area contributed by atoms with Gasteiger partial charge in [-0.25, -0.2) is 12.7 Å². The first-order chi connectivity index (χ1) is 10.3. The fourth-order valence-electron chi connectivity index (χ4n) is 2.19. The molecule has 0 unspecified atom stereocenters. The van der Waals surface area contributed by atoms with Crippen LogP contribution in [0.15, 0.2) is 23.1 Å². The van der Waals surface area contributed by atoms with Crippen molar-refractivity contribution >= 4 is 15.9 Å². The van der Waals surface area contributed by atoms with Crippen molar-refractivity contribution in [2.45, 2.75) is 6.04 Å². The zero-order valence-electron chi connectivity index (χ0n) is 12.4. The molecule has 1 saturated heterocycles. The number of hydrogen-bond donors (Lipinski definition) is 2. The fourth-order valence-corrected chi connectivity index (χ4v) is 3.36. The van der Waals surface area contributed by atoms with Gasteiger partial charge in [0.15, 0.2) is 0 Å². The number of amides is 1. The number of nitrogens with zero attached hydrogens (tertiary/aromatic N) is 1. The van der Waals surface area contributed by atoms with Crippen molar-refractivity contribution in [2.75, 3.05) is 33.1 Å². The standard InChI is InChI=1S/C13H19N3O5S/c1-16(2)22(19,20)8-9-6-21-7-11(9)15-13(18)10-4-3-5-14-12(10)17/h3-5,9,11H,6-8H2,1-2H3,(H,14,17)(H,15,18)/t9-,11-/m0/s1. The number of sulfonamides is 1. The minimum Gasteiger partial charge on any atom is -0.379 e. The number of H-pyrrole nitrogens is 1. The molecule has 2 atom stereocenters. The van der Waals surface area contributed by atoms with E-state index in [-0.39, 0.29) is 30.4 Å². The van der Waals surface area contributed by atoms with Crippen LogP contribution in [0.25, 0.3) is 0 Å². The summed E-state index contributed by atoms with van der Waals surface area (Å²) in [6.07, 6.45) is 1.43. The van der Waals surface area contributed by atoms with E-state index in [9.17, 15) is 18.0 Å². The minimum atomic E-state index is -3.39. The van der Waals surface area contributed by atoms with Gasteiger partial charge in [0, 0.05) is 26.2 Å². The second kappa shape index (κ2) is 6.59. The smallest absolute Gasteiger partial charge is 0.260 e. The molecule has 0 aromatic carbocycles. The highest BCUT2D eigenvalue weighted by Gasteiger charge is 2.34. The van der Waals surface area contributed by atoms with Crippen LogP contribution < -0.4 is 10.9 Å². The molecule has 0 bridgehead atoms. The van der Waals surface area contributed by atoms with Crippen LogP contribution in [0, 0.1) is 5.92 Å². The van der Waals surface area contributed by atoms with Gasteiger partial charge in [-0.15, -0.1) is 0 Å². The second-order valence-electron chi connectivity index (χ2n) is 5.35. The van der Waals surface area contributed by atoms with Gasteiger partial charge < -0.3 is 15.0 Å². The number of hydrogen-bond acceptors (Lipinski definition) is 5. The molecule has 1 aliphatic heterocycles. The van der Waals surface area contributed by atoms with E-state index in [0.717, 1.165) is 4.31 Å². The molecule has 0 spiro atoms. The van der Waals surface area contributed by atoms with Crippen molar-refractivity contribution in [1.29, 1.82) is 0 Å². The molecule has 122 valence electrons. The molecule has 0 saturated carbocycles. The zero-order valence-corrected chi connectivity index (χ0v) is 13.2. The first kappa shape index (κ1) is 16.7. The molecule has 2 heterocycles. The summed E-state index contributed by atoms with van der Waals surface area (Å²) in [5.74, 6) is -1.00. The Morgan fingerprint density at radius 2 is 2.18 bits per heavy atom. The zero-order chi connectivity index (χ0) is 16.3. The predicted octanol–water partition coefficient (Wildman–Crippen LogP) is -0.989. The Bertz CT molecular complexity index is 698. The maximum absolute atomic E-state index is 12.1. The van der Waals surface area contributed by atoms with Crippen molar-refractivity contribution in [2.24, 2.45) is 5.92 Å². The Hall–Kier alpha value is -1.71. The lowest BCUT2D eigenvalue weighted by molar-refractivity contribution is 0.0924. The van der Waals surface area contributed by atoms with Crippen LogP contribution >= 0.6 is 0 Å². The number of carbonyl (C=O) groups excluding carboxylic acids is 1. The summed E-state index contributed by atoms with van der Waals surface area (Å²) in [7, 11) is -0.468. The number of carbonyl (C=O) groups is 1. The SMILES string of the molecule is CN(C)S(=O)(=O)C[C@@H]1COC[C@@H]1NC(=O)c1ccc[nH]c1=O. The van der Waals surface area contributed by atoms with Crippen LogP contribution in [-0.2, 0) is 14.8 Å². The third-order valence-electron chi connectivity index (χ3n) is 3.56. The third-order valence-corrected chi connectivity index (χ3v) is 5.52. The van der Waals surface area contributed by atoms with Crippen molar-refractivity contribution < 1.29 is 17.9 Å². The molecular formula is C13H19N3O5S. The molecule has 0 radical (unpaired) electrons. The second-order valence-corrected chi connectivity index (χ2v) is 7.58. The van der Waals surface area contributed by atoms with Crippen molar-refractivity contribution in [3.8, 4) is 0 Å².